The molecule has 2 heterocycles. The lowest BCUT2D eigenvalue weighted by Crippen LogP contribution is -2.23. The summed E-state index contributed by atoms with van der Waals surface area (Å²) in [4.78, 5) is 4.54. The molecular weight excluding hydrogens is 162 g/mol. The molecule has 13 heavy (non-hydrogen) atoms. The van der Waals surface area contributed by atoms with Gasteiger partial charge in [0.15, 0.2) is 0 Å². The third-order valence-corrected chi connectivity index (χ3v) is 2.83. The molecule has 2 N–H and O–H groups in total. The number of hydrogen-bond acceptors (Lipinski definition) is 2. The molecule has 0 aromatic carbocycles. The van der Waals surface area contributed by atoms with E-state index in [0.717, 1.165) is 25.1 Å². The normalized spacial score (nSPS) is 21.6. The molecule has 2 rings (SSSR count). The summed E-state index contributed by atoms with van der Waals surface area (Å²) in [6, 6.07) is 0.210. The van der Waals surface area contributed by atoms with Crippen molar-refractivity contribution in [2.24, 2.45) is 5.73 Å². The predicted molar refractivity (Wildman–Crippen MR) is 52.5 cm³/mol. The zero-order valence-corrected chi connectivity index (χ0v) is 8.38. The number of aryl methyl sites for hydroxylation is 2. The number of nitrogens with two attached hydrogens (primary N) is 1. The van der Waals surface area contributed by atoms with Gasteiger partial charge in [0.2, 0.25) is 0 Å². The number of nitrogens with zero attached hydrogens (tertiary/aromatic N) is 2. The van der Waals surface area contributed by atoms with Crippen molar-refractivity contribution in [2.75, 3.05) is 0 Å². The first kappa shape index (κ1) is 8.75. The monoisotopic (exact) mass is 179 g/mol. The SMILES string of the molecule is CCc1nc(C)c2n1CCCC2N. The quantitative estimate of drug-likeness (QED) is 0.710. The van der Waals surface area contributed by atoms with Crippen LogP contribution in [-0.2, 0) is 13.0 Å². The van der Waals surface area contributed by atoms with Gasteiger partial charge in [-0.2, -0.15) is 0 Å². The molecule has 1 aliphatic rings. The van der Waals surface area contributed by atoms with Crippen LogP contribution in [0.2, 0.25) is 0 Å². The molecule has 0 bridgehead atoms. The highest BCUT2D eigenvalue weighted by Crippen LogP contribution is 2.26. The summed E-state index contributed by atoms with van der Waals surface area (Å²) in [6.07, 6.45) is 3.31. The maximum atomic E-state index is 6.05. The minimum Gasteiger partial charge on any atom is -0.330 e. The van der Waals surface area contributed by atoms with Crippen molar-refractivity contribution in [3.05, 3.63) is 17.2 Å². The van der Waals surface area contributed by atoms with Crippen molar-refractivity contribution in [2.45, 2.75) is 45.7 Å². The van der Waals surface area contributed by atoms with E-state index < -0.39 is 0 Å². The topological polar surface area (TPSA) is 43.8 Å². The van der Waals surface area contributed by atoms with Gasteiger partial charge in [-0.3, -0.25) is 0 Å². The Balaban J connectivity index is 2.51. The Bertz CT molecular complexity index is 314. The molecule has 1 aliphatic heterocycles. The van der Waals surface area contributed by atoms with E-state index in [1.165, 1.54) is 17.9 Å². The van der Waals surface area contributed by atoms with Crippen molar-refractivity contribution in [1.82, 2.24) is 9.55 Å². The summed E-state index contributed by atoms with van der Waals surface area (Å²) in [5.41, 5.74) is 8.45. The average Bonchev–Trinajstić information content (AvgIpc) is 2.44. The van der Waals surface area contributed by atoms with Gasteiger partial charge in [0.05, 0.1) is 11.4 Å². The van der Waals surface area contributed by atoms with E-state index in [4.69, 9.17) is 5.73 Å². The largest absolute Gasteiger partial charge is 0.330 e. The number of fused-ring (bicyclic) bond motifs is 1. The Labute approximate surface area is 79.0 Å². The number of hydrogen-bond donors (Lipinski definition) is 1. The summed E-state index contributed by atoms with van der Waals surface area (Å²) in [6.45, 7) is 5.32. The minimum atomic E-state index is 0.210. The Kier molecular flexibility index (Phi) is 2.12. The Morgan fingerprint density at radius 1 is 1.62 bits per heavy atom. The van der Waals surface area contributed by atoms with Crippen molar-refractivity contribution in [3.63, 3.8) is 0 Å². The number of rotatable bonds is 1. The van der Waals surface area contributed by atoms with E-state index in [1.54, 1.807) is 0 Å². The van der Waals surface area contributed by atoms with Gasteiger partial charge in [0.25, 0.3) is 0 Å². The lowest BCUT2D eigenvalue weighted by molar-refractivity contribution is 0.451. The predicted octanol–water partition coefficient (Wildman–Crippen LogP) is 1.55. The highest BCUT2D eigenvalue weighted by molar-refractivity contribution is 5.21. The summed E-state index contributed by atoms with van der Waals surface area (Å²) in [5, 5.41) is 0. The zero-order chi connectivity index (χ0) is 9.42. The second-order valence-electron chi connectivity index (χ2n) is 3.75. The first-order chi connectivity index (χ1) is 6.24. The first-order valence-electron chi connectivity index (χ1n) is 5.05. The summed E-state index contributed by atoms with van der Waals surface area (Å²) < 4.78 is 2.31. The average molecular weight is 179 g/mol. The lowest BCUT2D eigenvalue weighted by atomic mass is 10.0. The minimum absolute atomic E-state index is 0.210. The molecule has 3 nitrogen and oxygen atoms in total. The molecule has 1 aromatic heterocycles. The molecule has 1 atom stereocenters. The maximum Gasteiger partial charge on any atom is 0.108 e. The lowest BCUT2D eigenvalue weighted by Gasteiger charge is -2.22. The molecule has 1 unspecified atom stereocenters. The third-order valence-electron chi connectivity index (χ3n) is 2.83. The van der Waals surface area contributed by atoms with Gasteiger partial charge in [-0.15, -0.1) is 0 Å². The molecule has 72 valence electrons. The first-order valence-corrected chi connectivity index (χ1v) is 5.05. The van der Waals surface area contributed by atoms with Crippen LogP contribution in [0.15, 0.2) is 0 Å². The molecule has 1 aromatic rings. The fourth-order valence-electron chi connectivity index (χ4n) is 2.24. The van der Waals surface area contributed by atoms with Gasteiger partial charge in [0, 0.05) is 19.0 Å². The van der Waals surface area contributed by atoms with Crippen molar-refractivity contribution >= 4 is 0 Å². The molecule has 0 aliphatic carbocycles. The van der Waals surface area contributed by atoms with Crippen LogP contribution in [-0.4, -0.2) is 9.55 Å². The van der Waals surface area contributed by atoms with Gasteiger partial charge < -0.3 is 10.3 Å². The number of aromatic nitrogens is 2. The fraction of sp³-hybridized carbons (Fsp3) is 0.700. The summed E-state index contributed by atoms with van der Waals surface area (Å²) >= 11 is 0. The van der Waals surface area contributed by atoms with Crippen LogP contribution < -0.4 is 5.73 Å². The van der Waals surface area contributed by atoms with Crippen LogP contribution in [0.5, 0.6) is 0 Å². The zero-order valence-electron chi connectivity index (χ0n) is 8.38. The standard InChI is InChI=1S/C10H17N3/c1-3-9-12-7(2)10-8(11)5-4-6-13(9)10/h8H,3-6,11H2,1-2H3. The van der Waals surface area contributed by atoms with Gasteiger partial charge in [0.1, 0.15) is 5.82 Å². The summed E-state index contributed by atoms with van der Waals surface area (Å²) in [5.74, 6) is 1.20. The maximum absolute atomic E-state index is 6.05. The molecule has 0 saturated heterocycles. The highest BCUT2D eigenvalue weighted by Gasteiger charge is 2.22. The molecule has 0 saturated carbocycles. The Morgan fingerprint density at radius 2 is 2.38 bits per heavy atom. The van der Waals surface area contributed by atoms with Crippen LogP contribution in [0.3, 0.4) is 0 Å². The molecular formula is C10H17N3. The van der Waals surface area contributed by atoms with Crippen molar-refractivity contribution in [3.8, 4) is 0 Å². The smallest absolute Gasteiger partial charge is 0.108 e. The highest BCUT2D eigenvalue weighted by atomic mass is 15.1. The van der Waals surface area contributed by atoms with Crippen LogP contribution >= 0.6 is 0 Å². The van der Waals surface area contributed by atoms with Gasteiger partial charge in [-0.25, -0.2) is 4.98 Å². The van der Waals surface area contributed by atoms with Crippen LogP contribution in [0.4, 0.5) is 0 Å². The second-order valence-corrected chi connectivity index (χ2v) is 3.75. The van der Waals surface area contributed by atoms with Crippen LogP contribution in [0.25, 0.3) is 0 Å². The van der Waals surface area contributed by atoms with Gasteiger partial charge in [-0.05, 0) is 19.8 Å². The number of imidazole rings is 1. The van der Waals surface area contributed by atoms with E-state index in [2.05, 4.69) is 23.4 Å². The van der Waals surface area contributed by atoms with Crippen LogP contribution in [0.1, 0.15) is 43.0 Å². The van der Waals surface area contributed by atoms with Gasteiger partial charge >= 0.3 is 0 Å². The van der Waals surface area contributed by atoms with E-state index >= 15 is 0 Å². The Morgan fingerprint density at radius 3 is 3.08 bits per heavy atom. The van der Waals surface area contributed by atoms with E-state index in [9.17, 15) is 0 Å². The molecule has 0 fully saturated rings. The van der Waals surface area contributed by atoms with E-state index in [1.807, 2.05) is 0 Å². The molecule has 0 radical (unpaired) electrons. The van der Waals surface area contributed by atoms with Crippen molar-refractivity contribution in [1.29, 1.82) is 0 Å². The third kappa shape index (κ3) is 1.27. The molecule has 0 amide bonds. The molecule has 3 heteroatoms. The van der Waals surface area contributed by atoms with Gasteiger partial charge in [-0.1, -0.05) is 6.92 Å². The second kappa shape index (κ2) is 3.14. The fourth-order valence-corrected chi connectivity index (χ4v) is 2.24. The Hall–Kier alpha value is -0.830. The van der Waals surface area contributed by atoms with Crippen LogP contribution in [0, 0.1) is 6.92 Å². The van der Waals surface area contributed by atoms with E-state index in [0.29, 0.717) is 0 Å². The van der Waals surface area contributed by atoms with Crippen molar-refractivity contribution < 1.29 is 0 Å². The summed E-state index contributed by atoms with van der Waals surface area (Å²) in [7, 11) is 0. The van der Waals surface area contributed by atoms with E-state index in [-0.39, 0.29) is 6.04 Å². The molecule has 0 spiro atoms.